The van der Waals surface area contributed by atoms with E-state index < -0.39 is 34.3 Å². The maximum Gasteiger partial charge on any atom is 0.201 e. The normalized spacial score (nSPS) is 12.4. The molecule has 4 aromatic rings. The lowest BCUT2D eigenvalue weighted by Crippen LogP contribution is -2.14. The van der Waals surface area contributed by atoms with Crippen LogP contribution in [0.3, 0.4) is 0 Å². The first kappa shape index (κ1) is 22.0. The minimum atomic E-state index is -1.72. The number of nitrogens with one attached hydrogen (secondary N) is 2. The Morgan fingerprint density at radius 1 is 1.19 bits per heavy atom. The first-order valence-corrected chi connectivity index (χ1v) is 11.0. The molecule has 0 fully saturated rings. The summed E-state index contributed by atoms with van der Waals surface area (Å²) in [6.45, 7) is 1.65. The fourth-order valence-electron chi connectivity index (χ4n) is 3.23. The molecule has 2 aromatic carbocycles. The Balaban J connectivity index is 1.77. The Bertz CT molecular complexity index is 1340. The molecule has 1 atom stereocenters. The molecule has 0 aliphatic heterocycles. The Labute approximate surface area is 190 Å². The second kappa shape index (κ2) is 9.12. The number of hydrogen-bond donors (Lipinski definition) is 2. The molecule has 0 radical (unpaired) electrons. The summed E-state index contributed by atoms with van der Waals surface area (Å²) in [7, 11) is 0. The van der Waals surface area contributed by atoms with Crippen molar-refractivity contribution in [2.45, 2.75) is 6.92 Å². The number of carbonyl (C=O) groups is 1. The average Bonchev–Trinajstić information content (AvgIpc) is 3.20. The minimum absolute atomic E-state index is 0.0628. The van der Waals surface area contributed by atoms with Crippen LogP contribution in [0.15, 0.2) is 66.3 Å². The molecule has 0 amide bonds. The second-order valence-electron chi connectivity index (χ2n) is 6.81. The molecule has 0 saturated carbocycles. The van der Waals surface area contributed by atoms with Crippen molar-refractivity contribution >= 4 is 45.5 Å². The van der Waals surface area contributed by atoms with Gasteiger partial charge in [0.25, 0.3) is 0 Å². The summed E-state index contributed by atoms with van der Waals surface area (Å²) in [5, 5.41) is 2.29. The summed E-state index contributed by atoms with van der Waals surface area (Å²) in [6.07, 6.45) is 4.51. The molecule has 0 saturated heterocycles. The zero-order valence-corrected chi connectivity index (χ0v) is 18.2. The monoisotopic (exact) mass is 471 g/mol. The van der Waals surface area contributed by atoms with Crippen LogP contribution in [0.2, 0.25) is 5.02 Å². The van der Waals surface area contributed by atoms with Crippen molar-refractivity contribution in [1.29, 1.82) is 0 Å². The number of H-pyrrole nitrogens is 1. The Hall–Kier alpha value is -3.20. The first-order valence-electron chi connectivity index (χ1n) is 9.45. The summed E-state index contributed by atoms with van der Waals surface area (Å²) in [6, 6.07) is 10.8. The third-order valence-electron chi connectivity index (χ3n) is 4.74. The van der Waals surface area contributed by atoms with Crippen molar-refractivity contribution in [1.82, 2.24) is 9.97 Å². The standard InChI is InChI=1S/C23H16ClF2N3O2S/c1-2-9-32(31)29-19-8-7-18(25)20(21(19)26)22(30)17-12-28-23-16(17)10-14(11-27-23)13-3-5-15(24)6-4-13/h2-12,29H,1H3,(H,27,28)/b9-2+. The number of carbonyl (C=O) groups excluding carboxylic acids is 1. The van der Waals surface area contributed by atoms with Gasteiger partial charge >= 0.3 is 0 Å². The largest absolute Gasteiger partial charge is 0.588 e. The lowest BCUT2D eigenvalue weighted by molar-refractivity contribution is 0.103. The molecule has 162 valence electrons. The van der Waals surface area contributed by atoms with Crippen LogP contribution in [0.1, 0.15) is 22.8 Å². The number of aromatic nitrogens is 2. The van der Waals surface area contributed by atoms with Crippen LogP contribution in [0, 0.1) is 11.6 Å². The zero-order valence-electron chi connectivity index (χ0n) is 16.7. The van der Waals surface area contributed by atoms with Gasteiger partial charge in [0.15, 0.2) is 5.82 Å². The number of benzene rings is 2. The number of allylic oxidation sites excluding steroid dienone is 1. The first-order chi connectivity index (χ1) is 15.4. The number of halogens is 3. The number of aromatic amines is 1. The van der Waals surface area contributed by atoms with E-state index in [4.69, 9.17) is 11.6 Å². The highest BCUT2D eigenvalue weighted by atomic mass is 35.5. The topological polar surface area (TPSA) is 80.8 Å². The van der Waals surface area contributed by atoms with Gasteiger partial charge < -0.3 is 9.54 Å². The predicted octanol–water partition coefficient (Wildman–Crippen LogP) is 6.00. The van der Waals surface area contributed by atoms with Gasteiger partial charge in [-0.2, -0.15) is 0 Å². The molecule has 32 heavy (non-hydrogen) atoms. The Kier molecular flexibility index (Phi) is 6.27. The number of fused-ring (bicyclic) bond motifs is 1. The maximum atomic E-state index is 15.0. The number of hydrogen-bond acceptors (Lipinski definition) is 4. The van der Waals surface area contributed by atoms with Crippen LogP contribution >= 0.6 is 11.6 Å². The molecule has 2 N–H and O–H groups in total. The van der Waals surface area contributed by atoms with Gasteiger partial charge in [0.2, 0.25) is 5.78 Å². The fourth-order valence-corrected chi connectivity index (χ4v) is 4.05. The molecule has 0 spiro atoms. The summed E-state index contributed by atoms with van der Waals surface area (Å²) in [5.74, 6) is -3.00. The molecular formula is C23H16ClF2N3O2S. The van der Waals surface area contributed by atoms with Gasteiger partial charge in [-0.3, -0.25) is 4.79 Å². The molecule has 1 unspecified atom stereocenters. The van der Waals surface area contributed by atoms with E-state index in [-0.39, 0.29) is 11.3 Å². The molecule has 9 heteroatoms. The van der Waals surface area contributed by atoms with E-state index in [1.54, 1.807) is 43.5 Å². The van der Waals surface area contributed by atoms with Crippen LogP contribution < -0.4 is 4.72 Å². The van der Waals surface area contributed by atoms with Crippen LogP contribution in [-0.4, -0.2) is 20.3 Å². The molecule has 2 heterocycles. The molecule has 0 aliphatic carbocycles. The summed E-state index contributed by atoms with van der Waals surface area (Å²) in [5.41, 5.74) is 0.999. The SMILES string of the molecule is C/C=C/[S+]([O-])Nc1ccc(F)c(C(=O)c2c[nH]c3ncc(-c4ccc(Cl)cc4)cc23)c1F. The van der Waals surface area contributed by atoms with Gasteiger partial charge in [0.1, 0.15) is 22.6 Å². The number of nitrogens with zero attached hydrogens (tertiary/aromatic N) is 1. The molecule has 2 aromatic heterocycles. The van der Waals surface area contributed by atoms with Crippen LogP contribution in [-0.2, 0) is 11.4 Å². The van der Waals surface area contributed by atoms with E-state index in [1.165, 1.54) is 17.7 Å². The van der Waals surface area contributed by atoms with Crippen molar-refractivity contribution < 1.29 is 18.1 Å². The number of anilines is 1. The average molecular weight is 472 g/mol. The predicted molar refractivity (Wildman–Crippen MR) is 123 cm³/mol. The second-order valence-corrected chi connectivity index (χ2v) is 8.32. The van der Waals surface area contributed by atoms with Crippen molar-refractivity contribution in [2.24, 2.45) is 0 Å². The van der Waals surface area contributed by atoms with Crippen LogP contribution in [0.25, 0.3) is 22.2 Å². The van der Waals surface area contributed by atoms with Crippen molar-refractivity contribution in [2.75, 3.05) is 4.72 Å². The minimum Gasteiger partial charge on any atom is -0.588 e. The number of rotatable bonds is 6. The van der Waals surface area contributed by atoms with Gasteiger partial charge in [-0.1, -0.05) is 23.7 Å². The summed E-state index contributed by atoms with van der Waals surface area (Å²) >= 11 is 4.21. The third kappa shape index (κ3) is 4.25. The van der Waals surface area contributed by atoms with E-state index in [1.807, 2.05) is 0 Å². The van der Waals surface area contributed by atoms with Crippen LogP contribution in [0.4, 0.5) is 14.5 Å². The summed E-state index contributed by atoms with van der Waals surface area (Å²) < 4.78 is 43.8. The molecule has 4 rings (SSSR count). The van der Waals surface area contributed by atoms with Gasteiger partial charge in [0, 0.05) is 33.9 Å². The van der Waals surface area contributed by atoms with E-state index >= 15 is 4.39 Å². The van der Waals surface area contributed by atoms with Gasteiger partial charge in [0.05, 0.1) is 16.9 Å². The van der Waals surface area contributed by atoms with Gasteiger partial charge in [-0.25, -0.2) is 18.5 Å². The fraction of sp³-hybridized carbons (Fsp3) is 0.0435. The molecular weight excluding hydrogens is 456 g/mol. The number of pyridine rings is 1. The highest BCUT2D eigenvalue weighted by Gasteiger charge is 2.25. The third-order valence-corrected chi connectivity index (χ3v) is 5.93. The highest BCUT2D eigenvalue weighted by Crippen LogP contribution is 2.30. The lowest BCUT2D eigenvalue weighted by atomic mass is 10.00. The van der Waals surface area contributed by atoms with Gasteiger partial charge in [-0.05, 0) is 48.9 Å². The summed E-state index contributed by atoms with van der Waals surface area (Å²) in [4.78, 5) is 20.3. The number of ketones is 1. The maximum absolute atomic E-state index is 15.0. The lowest BCUT2D eigenvalue weighted by Gasteiger charge is -2.11. The zero-order chi connectivity index (χ0) is 22.8. The Morgan fingerprint density at radius 2 is 1.94 bits per heavy atom. The van der Waals surface area contributed by atoms with Crippen molar-refractivity contribution in [3.8, 4) is 11.1 Å². The Morgan fingerprint density at radius 3 is 2.66 bits per heavy atom. The smallest absolute Gasteiger partial charge is 0.201 e. The molecule has 5 nitrogen and oxygen atoms in total. The quantitative estimate of drug-likeness (QED) is 0.267. The van der Waals surface area contributed by atoms with Crippen molar-refractivity contribution in [3.05, 3.63) is 94.1 Å². The van der Waals surface area contributed by atoms with E-state index in [9.17, 15) is 13.7 Å². The highest BCUT2D eigenvalue weighted by molar-refractivity contribution is 7.95. The molecule has 0 bridgehead atoms. The van der Waals surface area contributed by atoms with Gasteiger partial charge in [-0.15, -0.1) is 0 Å². The van der Waals surface area contributed by atoms with Crippen LogP contribution in [0.5, 0.6) is 0 Å². The molecule has 0 aliphatic rings. The van der Waals surface area contributed by atoms with Crippen molar-refractivity contribution in [3.63, 3.8) is 0 Å². The van der Waals surface area contributed by atoms with E-state index in [0.29, 0.717) is 21.6 Å². The van der Waals surface area contributed by atoms with E-state index in [0.717, 1.165) is 17.7 Å². The van der Waals surface area contributed by atoms with E-state index in [2.05, 4.69) is 14.7 Å².